The third-order valence-electron chi connectivity index (χ3n) is 9.50. The van der Waals surface area contributed by atoms with Gasteiger partial charge in [0.05, 0.1) is 0 Å². The van der Waals surface area contributed by atoms with Crippen molar-refractivity contribution in [2.75, 3.05) is 0 Å². The molecule has 3 amide bonds. The second-order valence-electron chi connectivity index (χ2n) is 12.5. The van der Waals surface area contributed by atoms with E-state index in [-0.39, 0.29) is 59.4 Å². The van der Waals surface area contributed by atoms with Gasteiger partial charge in [0, 0.05) is 17.6 Å². The SMILES string of the molecule is CC[C@H](C)[C@@H]1C(=O)O[C@H]1C(=O)N[C@H]1C[C@H]1[C@H](C)[C@@H](CCc1ccccc1)NC(=O)[C@H](C)NC(=O)c1ccc2ccccc2c1. The fourth-order valence-corrected chi connectivity index (χ4v) is 6.27. The number of hydrogen-bond donors (Lipinski definition) is 3. The predicted molar refractivity (Wildman–Crippen MR) is 170 cm³/mol. The van der Waals surface area contributed by atoms with Gasteiger partial charge in [0.2, 0.25) is 5.91 Å². The van der Waals surface area contributed by atoms with Crippen molar-refractivity contribution in [3.05, 3.63) is 83.9 Å². The number of carbonyl (C=O) groups is 4. The van der Waals surface area contributed by atoms with E-state index in [0.29, 0.717) is 5.56 Å². The van der Waals surface area contributed by atoms with Gasteiger partial charge in [-0.15, -0.1) is 0 Å². The van der Waals surface area contributed by atoms with Gasteiger partial charge in [0.15, 0.2) is 6.10 Å². The molecule has 0 spiro atoms. The summed E-state index contributed by atoms with van der Waals surface area (Å²) in [5, 5.41) is 11.2. The highest BCUT2D eigenvalue weighted by Gasteiger charge is 2.52. The standard InChI is InChI=1S/C36H43N3O5/c1-5-21(2)31-32(44-36(31)43)35(42)39-30-20-28(30)22(3)29(18-15-24-11-7-6-8-12-24)38-33(40)23(4)37-34(41)27-17-16-25-13-9-10-14-26(25)19-27/h6-14,16-17,19,21-23,28-32H,5,15,18,20H2,1-4H3,(H,37,41)(H,38,40)(H,39,42)/t21-,22-,23-,28-,29+,30-,31-,32+/m0/s1. The minimum atomic E-state index is -0.735. The molecular weight excluding hydrogens is 554 g/mol. The second kappa shape index (κ2) is 13.6. The third kappa shape index (κ3) is 7.12. The summed E-state index contributed by atoms with van der Waals surface area (Å²) >= 11 is 0. The molecule has 1 aliphatic carbocycles. The Hall–Kier alpha value is -4.20. The van der Waals surface area contributed by atoms with Crippen molar-refractivity contribution in [2.24, 2.45) is 23.7 Å². The second-order valence-corrected chi connectivity index (χ2v) is 12.5. The molecule has 8 heteroatoms. The molecule has 3 aromatic rings. The molecule has 44 heavy (non-hydrogen) atoms. The summed E-state index contributed by atoms with van der Waals surface area (Å²) in [4.78, 5) is 51.4. The molecule has 3 aromatic carbocycles. The average Bonchev–Trinajstić information content (AvgIpc) is 3.80. The Kier molecular flexibility index (Phi) is 9.67. The maximum Gasteiger partial charge on any atom is 0.314 e. The Bertz CT molecular complexity index is 1510. The van der Waals surface area contributed by atoms with E-state index in [1.54, 1.807) is 13.0 Å². The van der Waals surface area contributed by atoms with Crippen LogP contribution >= 0.6 is 0 Å². The number of ether oxygens (including phenoxy) is 1. The summed E-state index contributed by atoms with van der Waals surface area (Å²) in [6.45, 7) is 7.78. The number of hydrogen-bond acceptors (Lipinski definition) is 5. The summed E-state index contributed by atoms with van der Waals surface area (Å²) in [6.07, 6.45) is 2.38. The summed E-state index contributed by atoms with van der Waals surface area (Å²) < 4.78 is 5.22. The van der Waals surface area contributed by atoms with Crippen LogP contribution in [0.15, 0.2) is 72.8 Å². The molecule has 5 rings (SSSR count). The first-order chi connectivity index (χ1) is 21.2. The number of aryl methyl sites for hydroxylation is 1. The maximum absolute atomic E-state index is 13.4. The molecule has 2 fully saturated rings. The number of carbonyl (C=O) groups excluding carboxylic acids is 4. The fraction of sp³-hybridized carbons (Fsp3) is 0.444. The summed E-state index contributed by atoms with van der Waals surface area (Å²) in [5.41, 5.74) is 1.68. The lowest BCUT2D eigenvalue weighted by atomic mass is 9.83. The molecule has 8 nitrogen and oxygen atoms in total. The van der Waals surface area contributed by atoms with Crippen LogP contribution < -0.4 is 16.0 Å². The van der Waals surface area contributed by atoms with E-state index < -0.39 is 12.1 Å². The highest BCUT2D eigenvalue weighted by molar-refractivity contribution is 6.00. The maximum atomic E-state index is 13.4. The highest BCUT2D eigenvalue weighted by Crippen LogP contribution is 2.41. The van der Waals surface area contributed by atoms with Crippen LogP contribution in [0.25, 0.3) is 10.8 Å². The van der Waals surface area contributed by atoms with E-state index in [2.05, 4.69) is 35.0 Å². The zero-order valence-electron chi connectivity index (χ0n) is 25.9. The zero-order chi connectivity index (χ0) is 31.4. The van der Waals surface area contributed by atoms with Gasteiger partial charge < -0.3 is 20.7 Å². The van der Waals surface area contributed by atoms with E-state index in [1.165, 1.54) is 5.56 Å². The fourth-order valence-electron chi connectivity index (χ4n) is 6.27. The normalized spacial score (nSPS) is 23.3. The zero-order valence-corrected chi connectivity index (χ0v) is 25.9. The van der Waals surface area contributed by atoms with Crippen molar-refractivity contribution in [3.8, 4) is 0 Å². The first-order valence-electron chi connectivity index (χ1n) is 15.8. The van der Waals surface area contributed by atoms with Gasteiger partial charge in [0.1, 0.15) is 12.0 Å². The number of rotatable bonds is 13. The molecule has 0 unspecified atom stereocenters. The van der Waals surface area contributed by atoms with Gasteiger partial charge in [-0.1, -0.05) is 87.9 Å². The van der Waals surface area contributed by atoms with E-state index in [9.17, 15) is 19.2 Å². The van der Waals surface area contributed by atoms with Gasteiger partial charge in [-0.2, -0.15) is 0 Å². The molecule has 8 atom stereocenters. The lowest BCUT2D eigenvalue weighted by Crippen LogP contribution is -2.56. The van der Waals surface area contributed by atoms with Crippen molar-refractivity contribution >= 4 is 34.5 Å². The molecule has 0 radical (unpaired) electrons. The van der Waals surface area contributed by atoms with Gasteiger partial charge in [0.25, 0.3) is 11.8 Å². The van der Waals surface area contributed by atoms with Crippen molar-refractivity contribution < 1.29 is 23.9 Å². The van der Waals surface area contributed by atoms with Crippen molar-refractivity contribution in [1.29, 1.82) is 0 Å². The lowest BCUT2D eigenvalue weighted by molar-refractivity contribution is -0.193. The van der Waals surface area contributed by atoms with Crippen molar-refractivity contribution in [2.45, 2.75) is 77.6 Å². The summed E-state index contributed by atoms with van der Waals surface area (Å²) in [6, 6.07) is 22.5. The first kappa shape index (κ1) is 31.2. The van der Waals surface area contributed by atoms with Crippen LogP contribution in [0.4, 0.5) is 0 Å². The third-order valence-corrected chi connectivity index (χ3v) is 9.50. The Morgan fingerprint density at radius 1 is 0.909 bits per heavy atom. The smallest absolute Gasteiger partial charge is 0.314 e. The van der Waals surface area contributed by atoms with E-state index in [1.807, 2.05) is 68.4 Å². The topological polar surface area (TPSA) is 114 Å². The Labute approximate surface area is 259 Å². The molecule has 0 bridgehead atoms. The molecule has 1 heterocycles. The van der Waals surface area contributed by atoms with Crippen LogP contribution in [0, 0.1) is 23.7 Å². The van der Waals surface area contributed by atoms with Crippen LogP contribution in [0.5, 0.6) is 0 Å². The Balaban J connectivity index is 1.20. The molecule has 1 saturated carbocycles. The number of benzene rings is 3. The molecule has 1 aliphatic heterocycles. The van der Waals surface area contributed by atoms with Gasteiger partial charge in [-0.3, -0.25) is 19.2 Å². The monoisotopic (exact) mass is 597 g/mol. The van der Waals surface area contributed by atoms with Gasteiger partial charge in [-0.05, 0) is 72.4 Å². The van der Waals surface area contributed by atoms with Crippen LogP contribution in [0.1, 0.15) is 62.9 Å². The van der Waals surface area contributed by atoms with Gasteiger partial charge in [-0.25, -0.2) is 0 Å². The highest BCUT2D eigenvalue weighted by atomic mass is 16.6. The Morgan fingerprint density at radius 2 is 1.61 bits per heavy atom. The molecule has 232 valence electrons. The van der Waals surface area contributed by atoms with Crippen molar-refractivity contribution in [1.82, 2.24) is 16.0 Å². The molecule has 0 aromatic heterocycles. The number of nitrogens with one attached hydrogen (secondary N) is 3. The van der Waals surface area contributed by atoms with Crippen LogP contribution in [0.2, 0.25) is 0 Å². The Morgan fingerprint density at radius 3 is 2.32 bits per heavy atom. The molecular formula is C36H43N3O5. The lowest BCUT2D eigenvalue weighted by Gasteiger charge is -2.37. The molecule has 3 N–H and O–H groups in total. The minimum absolute atomic E-state index is 0.0319. The largest absolute Gasteiger partial charge is 0.451 e. The number of esters is 1. The number of amides is 3. The first-order valence-corrected chi connectivity index (χ1v) is 15.8. The minimum Gasteiger partial charge on any atom is -0.451 e. The summed E-state index contributed by atoms with van der Waals surface area (Å²) in [7, 11) is 0. The van der Waals surface area contributed by atoms with Crippen LogP contribution in [-0.2, 0) is 25.5 Å². The van der Waals surface area contributed by atoms with E-state index in [4.69, 9.17) is 4.74 Å². The number of cyclic esters (lactones) is 1. The summed E-state index contributed by atoms with van der Waals surface area (Å²) in [5.74, 6) is -1.13. The van der Waals surface area contributed by atoms with E-state index >= 15 is 0 Å². The van der Waals surface area contributed by atoms with Crippen molar-refractivity contribution in [3.63, 3.8) is 0 Å². The van der Waals surface area contributed by atoms with E-state index in [0.717, 1.165) is 36.5 Å². The number of fused-ring (bicyclic) bond motifs is 1. The molecule has 2 aliphatic rings. The van der Waals surface area contributed by atoms with Crippen LogP contribution in [-0.4, -0.2) is 47.9 Å². The molecule has 1 saturated heterocycles. The van der Waals surface area contributed by atoms with Crippen LogP contribution in [0.3, 0.4) is 0 Å². The quantitative estimate of drug-likeness (QED) is 0.245. The predicted octanol–water partition coefficient (Wildman–Crippen LogP) is 4.80. The average molecular weight is 598 g/mol. The van der Waals surface area contributed by atoms with Gasteiger partial charge >= 0.3 is 5.97 Å².